The molecule has 0 radical (unpaired) electrons. The van der Waals surface area contributed by atoms with Crippen LogP contribution in [0.5, 0.6) is 0 Å². The highest BCUT2D eigenvalue weighted by Gasteiger charge is 2.09. The topological polar surface area (TPSA) is 37.3 Å². The predicted molar refractivity (Wildman–Crippen MR) is 77.0 cm³/mol. The largest absolute Gasteiger partial charge is 0.478 e. The SMILES string of the molecule is O=C(O)c1ccc(CSc2cc(F)ccc2F)c(Br)c1. The van der Waals surface area contributed by atoms with Crippen LogP contribution in [0.1, 0.15) is 15.9 Å². The van der Waals surface area contributed by atoms with E-state index in [4.69, 9.17) is 5.11 Å². The van der Waals surface area contributed by atoms with Gasteiger partial charge in [-0.05, 0) is 35.9 Å². The van der Waals surface area contributed by atoms with Crippen LogP contribution in [0.25, 0.3) is 0 Å². The summed E-state index contributed by atoms with van der Waals surface area (Å²) < 4.78 is 27.1. The third-order valence-corrected chi connectivity index (χ3v) is 4.39. The molecule has 1 N–H and O–H groups in total. The van der Waals surface area contributed by atoms with Crippen LogP contribution in [-0.2, 0) is 5.75 Å². The van der Waals surface area contributed by atoms with Crippen molar-refractivity contribution in [2.75, 3.05) is 0 Å². The summed E-state index contributed by atoms with van der Waals surface area (Å²) in [6.45, 7) is 0. The monoisotopic (exact) mass is 358 g/mol. The summed E-state index contributed by atoms with van der Waals surface area (Å²) in [5.74, 6) is -1.58. The molecule has 0 aliphatic carbocycles. The summed E-state index contributed by atoms with van der Waals surface area (Å²) in [6.07, 6.45) is 0. The molecular weight excluding hydrogens is 350 g/mol. The Bertz CT molecular complexity index is 662. The molecule has 0 saturated carbocycles. The third kappa shape index (κ3) is 3.58. The molecule has 2 aromatic carbocycles. The molecule has 6 heteroatoms. The van der Waals surface area contributed by atoms with Crippen molar-refractivity contribution in [2.45, 2.75) is 10.6 Å². The molecule has 0 unspecified atom stereocenters. The summed E-state index contributed by atoms with van der Waals surface area (Å²) in [5, 5.41) is 8.86. The Morgan fingerprint density at radius 2 is 1.95 bits per heavy atom. The van der Waals surface area contributed by atoms with Gasteiger partial charge < -0.3 is 5.11 Å². The predicted octanol–water partition coefficient (Wildman–Crippen LogP) is 4.72. The van der Waals surface area contributed by atoms with Gasteiger partial charge in [0.05, 0.1) is 5.56 Å². The minimum Gasteiger partial charge on any atom is -0.478 e. The first-order chi connectivity index (χ1) is 9.47. The van der Waals surface area contributed by atoms with Gasteiger partial charge in [-0.15, -0.1) is 11.8 Å². The van der Waals surface area contributed by atoms with Gasteiger partial charge in [0.15, 0.2) is 0 Å². The minimum absolute atomic E-state index is 0.169. The van der Waals surface area contributed by atoms with E-state index in [0.29, 0.717) is 10.2 Å². The Morgan fingerprint density at radius 3 is 2.60 bits per heavy atom. The molecule has 0 aromatic heterocycles. The van der Waals surface area contributed by atoms with Gasteiger partial charge in [-0.1, -0.05) is 22.0 Å². The molecule has 0 heterocycles. The van der Waals surface area contributed by atoms with Crippen molar-refractivity contribution in [3.63, 3.8) is 0 Å². The van der Waals surface area contributed by atoms with Gasteiger partial charge in [0.1, 0.15) is 11.6 Å². The van der Waals surface area contributed by atoms with Crippen molar-refractivity contribution in [3.8, 4) is 0 Å². The van der Waals surface area contributed by atoms with E-state index in [2.05, 4.69) is 15.9 Å². The molecule has 2 nitrogen and oxygen atoms in total. The van der Waals surface area contributed by atoms with Crippen LogP contribution in [0, 0.1) is 11.6 Å². The molecule has 0 spiro atoms. The Hall–Kier alpha value is -1.40. The molecule has 0 fully saturated rings. The lowest BCUT2D eigenvalue weighted by Gasteiger charge is -2.06. The van der Waals surface area contributed by atoms with Crippen molar-refractivity contribution in [1.82, 2.24) is 0 Å². The standard InChI is InChI=1S/C14H9BrF2O2S/c15-11-5-8(14(18)19)1-2-9(11)7-20-13-6-10(16)3-4-12(13)17/h1-6H,7H2,(H,18,19). The fourth-order valence-corrected chi connectivity index (χ4v) is 3.21. The Morgan fingerprint density at radius 1 is 1.20 bits per heavy atom. The van der Waals surface area contributed by atoms with E-state index in [-0.39, 0.29) is 10.5 Å². The zero-order chi connectivity index (χ0) is 14.7. The van der Waals surface area contributed by atoms with Crippen molar-refractivity contribution >= 4 is 33.7 Å². The van der Waals surface area contributed by atoms with E-state index in [0.717, 1.165) is 35.5 Å². The fourth-order valence-electron chi connectivity index (χ4n) is 1.54. The lowest BCUT2D eigenvalue weighted by molar-refractivity contribution is 0.0697. The summed E-state index contributed by atoms with van der Waals surface area (Å²) in [5.41, 5.74) is 0.978. The molecular formula is C14H9BrF2O2S. The number of carboxylic acids is 1. The summed E-state index contributed by atoms with van der Waals surface area (Å²) >= 11 is 4.43. The Labute approximate surface area is 126 Å². The van der Waals surface area contributed by atoms with Gasteiger partial charge in [-0.25, -0.2) is 13.6 Å². The van der Waals surface area contributed by atoms with Crippen molar-refractivity contribution in [2.24, 2.45) is 0 Å². The van der Waals surface area contributed by atoms with E-state index in [1.165, 1.54) is 12.1 Å². The van der Waals surface area contributed by atoms with E-state index < -0.39 is 17.6 Å². The van der Waals surface area contributed by atoms with Crippen LogP contribution >= 0.6 is 27.7 Å². The highest BCUT2D eigenvalue weighted by atomic mass is 79.9. The molecule has 104 valence electrons. The van der Waals surface area contributed by atoms with Gasteiger partial charge >= 0.3 is 5.97 Å². The molecule has 2 aromatic rings. The molecule has 0 aliphatic heterocycles. The molecule has 2 rings (SSSR count). The number of hydrogen-bond donors (Lipinski definition) is 1. The van der Waals surface area contributed by atoms with Crippen LogP contribution in [0.3, 0.4) is 0 Å². The van der Waals surface area contributed by atoms with Crippen LogP contribution in [0.2, 0.25) is 0 Å². The molecule has 0 aliphatic rings. The number of hydrogen-bond acceptors (Lipinski definition) is 2. The lowest BCUT2D eigenvalue weighted by atomic mass is 10.1. The lowest BCUT2D eigenvalue weighted by Crippen LogP contribution is -1.97. The number of aromatic carboxylic acids is 1. The number of halogens is 3. The third-order valence-electron chi connectivity index (χ3n) is 2.58. The van der Waals surface area contributed by atoms with Crippen LogP contribution in [0.4, 0.5) is 8.78 Å². The number of benzene rings is 2. The normalized spacial score (nSPS) is 10.6. The molecule has 20 heavy (non-hydrogen) atoms. The van der Waals surface area contributed by atoms with Gasteiger partial charge in [0.25, 0.3) is 0 Å². The molecule has 0 amide bonds. The van der Waals surface area contributed by atoms with E-state index in [1.54, 1.807) is 6.07 Å². The van der Waals surface area contributed by atoms with Crippen LogP contribution in [0.15, 0.2) is 45.8 Å². The summed E-state index contributed by atoms with van der Waals surface area (Å²) in [6, 6.07) is 7.90. The number of carboxylic acid groups (broad SMARTS) is 1. The second kappa shape index (κ2) is 6.37. The number of carbonyl (C=O) groups is 1. The second-order valence-electron chi connectivity index (χ2n) is 3.97. The van der Waals surface area contributed by atoms with Gasteiger partial charge in [0.2, 0.25) is 0 Å². The van der Waals surface area contributed by atoms with Gasteiger partial charge in [0, 0.05) is 15.1 Å². The average Bonchev–Trinajstić information content (AvgIpc) is 2.40. The van der Waals surface area contributed by atoms with Gasteiger partial charge in [-0.2, -0.15) is 0 Å². The quantitative estimate of drug-likeness (QED) is 0.803. The highest BCUT2D eigenvalue weighted by molar-refractivity contribution is 9.10. The van der Waals surface area contributed by atoms with Crippen LogP contribution in [-0.4, -0.2) is 11.1 Å². The molecule has 0 bridgehead atoms. The van der Waals surface area contributed by atoms with E-state index >= 15 is 0 Å². The number of thioether (sulfide) groups is 1. The fraction of sp³-hybridized carbons (Fsp3) is 0.0714. The van der Waals surface area contributed by atoms with Crippen LogP contribution < -0.4 is 0 Å². The molecule has 0 saturated heterocycles. The van der Waals surface area contributed by atoms with Crippen molar-refractivity contribution in [3.05, 3.63) is 63.6 Å². The smallest absolute Gasteiger partial charge is 0.335 e. The summed E-state index contributed by atoms with van der Waals surface area (Å²) in [4.78, 5) is 11.0. The molecule has 0 atom stereocenters. The average molecular weight is 359 g/mol. The maximum absolute atomic E-state index is 13.5. The van der Waals surface area contributed by atoms with Crippen molar-refractivity contribution in [1.29, 1.82) is 0 Å². The number of rotatable bonds is 4. The highest BCUT2D eigenvalue weighted by Crippen LogP contribution is 2.29. The zero-order valence-electron chi connectivity index (χ0n) is 10.1. The van der Waals surface area contributed by atoms with E-state index in [1.807, 2.05) is 0 Å². The van der Waals surface area contributed by atoms with E-state index in [9.17, 15) is 13.6 Å². The Kier molecular flexibility index (Phi) is 4.77. The summed E-state index contributed by atoms with van der Waals surface area (Å²) in [7, 11) is 0. The maximum Gasteiger partial charge on any atom is 0.335 e. The van der Waals surface area contributed by atoms with Gasteiger partial charge in [-0.3, -0.25) is 0 Å². The zero-order valence-corrected chi connectivity index (χ0v) is 12.5. The maximum atomic E-state index is 13.5. The van der Waals surface area contributed by atoms with Crippen molar-refractivity contribution < 1.29 is 18.7 Å². The second-order valence-corrected chi connectivity index (χ2v) is 5.85. The first-order valence-corrected chi connectivity index (χ1v) is 7.35. The first-order valence-electron chi connectivity index (χ1n) is 5.57. The minimum atomic E-state index is -1.01. The first kappa shape index (κ1) is 15.0. The Balaban J connectivity index is 2.15.